The summed E-state index contributed by atoms with van der Waals surface area (Å²) in [6.45, 7) is 4.71. The van der Waals surface area contributed by atoms with Crippen molar-refractivity contribution in [3.05, 3.63) is 4.88 Å². The number of hydrogen-bond acceptors (Lipinski definition) is 7. The van der Waals surface area contributed by atoms with Crippen LogP contribution in [0.15, 0.2) is 0 Å². The number of nitrogen functional groups attached to an aromatic ring is 1. The molecule has 0 aliphatic heterocycles. The van der Waals surface area contributed by atoms with E-state index in [1.165, 1.54) is 11.3 Å². The minimum atomic E-state index is -0.570. The first kappa shape index (κ1) is 17.5. The quantitative estimate of drug-likeness (QED) is 0.633. The van der Waals surface area contributed by atoms with E-state index in [1.54, 1.807) is 14.2 Å². The fourth-order valence-corrected chi connectivity index (χ4v) is 2.60. The smallest absolute Gasteiger partial charge is 0.261 e. The molecule has 0 radical (unpaired) electrons. The van der Waals surface area contributed by atoms with E-state index in [-0.39, 0.29) is 22.8 Å². The summed E-state index contributed by atoms with van der Waals surface area (Å²) in [5, 5.41) is 3.83. The normalized spacial score (nSPS) is 12.4. The number of carbonyl (C=O) groups is 1. The second-order valence-corrected chi connectivity index (χ2v) is 5.75. The van der Waals surface area contributed by atoms with Crippen molar-refractivity contribution in [1.82, 2.24) is 0 Å². The highest BCUT2D eigenvalue weighted by Gasteiger charge is 2.22. The van der Waals surface area contributed by atoms with E-state index in [2.05, 4.69) is 5.32 Å². The van der Waals surface area contributed by atoms with Gasteiger partial charge in [0, 0.05) is 20.8 Å². The number of methoxy groups -OCH3 is 2. The van der Waals surface area contributed by atoms with Crippen molar-refractivity contribution in [2.45, 2.75) is 26.1 Å². The molecule has 21 heavy (non-hydrogen) atoms. The predicted octanol–water partition coefficient (Wildman–Crippen LogP) is 1.29. The van der Waals surface area contributed by atoms with Crippen molar-refractivity contribution in [3.8, 4) is 5.75 Å². The summed E-state index contributed by atoms with van der Waals surface area (Å²) in [5.41, 5.74) is 11.5. The number of nitrogens with one attached hydrogen (secondary N) is 1. The van der Waals surface area contributed by atoms with Gasteiger partial charge in [0.2, 0.25) is 0 Å². The lowest BCUT2D eigenvalue weighted by molar-refractivity contribution is 0.0366. The van der Waals surface area contributed by atoms with Crippen LogP contribution in [0.1, 0.15) is 23.5 Å². The van der Waals surface area contributed by atoms with Crippen LogP contribution in [0, 0.1) is 0 Å². The number of nitrogens with two attached hydrogens (primary N) is 2. The number of ether oxygens (including phenoxy) is 3. The monoisotopic (exact) mass is 317 g/mol. The maximum atomic E-state index is 11.4. The van der Waals surface area contributed by atoms with Crippen molar-refractivity contribution in [3.63, 3.8) is 0 Å². The molecule has 1 aromatic rings. The lowest BCUT2D eigenvalue weighted by Crippen LogP contribution is -2.26. The van der Waals surface area contributed by atoms with Gasteiger partial charge < -0.3 is 31.0 Å². The highest BCUT2D eigenvalue weighted by molar-refractivity contribution is 7.19. The molecule has 7 nitrogen and oxygen atoms in total. The molecule has 8 heteroatoms. The molecule has 0 saturated heterocycles. The maximum absolute atomic E-state index is 11.4. The minimum absolute atomic E-state index is 0.0691. The SMILES string of the molecule is COCC(CNc1sc(C(N)=O)c(N)c1OC(C)C)OC. The fraction of sp³-hybridized carbons (Fsp3) is 0.615. The highest BCUT2D eigenvalue weighted by Crippen LogP contribution is 2.42. The molecular formula is C13H23N3O4S. The maximum Gasteiger partial charge on any atom is 0.261 e. The molecule has 5 N–H and O–H groups in total. The van der Waals surface area contributed by atoms with E-state index in [1.807, 2.05) is 13.8 Å². The van der Waals surface area contributed by atoms with Crippen molar-refractivity contribution in [1.29, 1.82) is 0 Å². The van der Waals surface area contributed by atoms with Crippen LogP contribution in [0.25, 0.3) is 0 Å². The third-order valence-electron chi connectivity index (χ3n) is 2.65. The lowest BCUT2D eigenvalue weighted by Gasteiger charge is -2.17. The number of primary amides is 1. The number of rotatable bonds is 9. The summed E-state index contributed by atoms with van der Waals surface area (Å²) in [6, 6.07) is 0. The standard InChI is InChI=1S/C13H23N3O4S/c1-7(2)20-10-9(14)11(12(15)17)21-13(10)16-5-8(19-4)6-18-3/h7-8,16H,5-6,14H2,1-4H3,(H2,15,17). The molecule has 1 unspecified atom stereocenters. The van der Waals surface area contributed by atoms with E-state index in [0.717, 1.165) is 0 Å². The van der Waals surface area contributed by atoms with Gasteiger partial charge in [-0.2, -0.15) is 0 Å². The first-order chi connectivity index (χ1) is 9.90. The zero-order valence-electron chi connectivity index (χ0n) is 12.8. The third kappa shape index (κ3) is 4.76. The zero-order chi connectivity index (χ0) is 16.0. The summed E-state index contributed by atoms with van der Waals surface area (Å²) >= 11 is 1.17. The van der Waals surface area contributed by atoms with Crippen LogP contribution < -0.4 is 21.5 Å². The number of carbonyl (C=O) groups excluding carboxylic acids is 1. The van der Waals surface area contributed by atoms with Crippen molar-refractivity contribution in [2.24, 2.45) is 5.73 Å². The van der Waals surface area contributed by atoms with E-state index in [4.69, 9.17) is 25.7 Å². The van der Waals surface area contributed by atoms with Crippen LogP contribution in [0.2, 0.25) is 0 Å². The highest BCUT2D eigenvalue weighted by atomic mass is 32.1. The number of hydrogen-bond donors (Lipinski definition) is 3. The molecule has 0 fully saturated rings. The Bertz CT molecular complexity index is 476. The van der Waals surface area contributed by atoms with E-state index in [9.17, 15) is 4.79 Å². The van der Waals surface area contributed by atoms with Gasteiger partial charge in [-0.1, -0.05) is 0 Å². The summed E-state index contributed by atoms with van der Waals surface area (Å²) < 4.78 is 16.0. The molecule has 0 aliphatic rings. The topological polar surface area (TPSA) is 109 Å². The van der Waals surface area contributed by atoms with Crippen LogP contribution in [0.4, 0.5) is 10.7 Å². The Kier molecular flexibility index (Phi) is 6.73. The summed E-state index contributed by atoms with van der Waals surface area (Å²) in [6.07, 6.45) is -0.192. The second-order valence-electron chi connectivity index (χ2n) is 4.73. The lowest BCUT2D eigenvalue weighted by atomic mass is 10.3. The van der Waals surface area contributed by atoms with Crippen LogP contribution in [0.5, 0.6) is 5.75 Å². The molecule has 0 saturated carbocycles. The largest absolute Gasteiger partial charge is 0.486 e. The molecule has 1 rings (SSSR count). The van der Waals surface area contributed by atoms with Crippen LogP contribution in [-0.4, -0.2) is 45.5 Å². The van der Waals surface area contributed by atoms with Gasteiger partial charge in [0.25, 0.3) is 5.91 Å². The van der Waals surface area contributed by atoms with Crippen molar-refractivity contribution >= 4 is 27.9 Å². The molecule has 0 aliphatic carbocycles. The summed E-state index contributed by atoms with van der Waals surface area (Å²) in [7, 11) is 3.21. The van der Waals surface area contributed by atoms with Gasteiger partial charge >= 0.3 is 0 Å². The average Bonchev–Trinajstić information content (AvgIpc) is 2.71. The molecule has 0 bridgehead atoms. The average molecular weight is 317 g/mol. The van der Waals surface area contributed by atoms with Gasteiger partial charge in [0.1, 0.15) is 15.6 Å². The van der Waals surface area contributed by atoms with Gasteiger partial charge in [0.05, 0.1) is 18.8 Å². The van der Waals surface area contributed by atoms with Gasteiger partial charge in [-0.3, -0.25) is 4.79 Å². The molecule has 0 aromatic carbocycles. The summed E-state index contributed by atoms with van der Waals surface area (Å²) in [4.78, 5) is 11.7. The molecule has 1 atom stereocenters. The van der Waals surface area contributed by atoms with E-state index >= 15 is 0 Å². The minimum Gasteiger partial charge on any atom is -0.486 e. The van der Waals surface area contributed by atoms with Crippen molar-refractivity contribution < 1.29 is 19.0 Å². The Morgan fingerprint density at radius 1 is 1.38 bits per heavy atom. The van der Waals surface area contributed by atoms with Gasteiger partial charge in [-0.25, -0.2) is 0 Å². The van der Waals surface area contributed by atoms with E-state index in [0.29, 0.717) is 23.9 Å². The summed E-state index contributed by atoms with van der Waals surface area (Å²) in [5.74, 6) is -0.115. The molecule has 1 amide bonds. The zero-order valence-corrected chi connectivity index (χ0v) is 13.6. The Hall–Kier alpha value is -1.51. The van der Waals surface area contributed by atoms with E-state index < -0.39 is 5.91 Å². The first-order valence-corrected chi connectivity index (χ1v) is 7.36. The second kappa shape index (κ2) is 8.06. The molecule has 0 spiro atoms. The van der Waals surface area contributed by atoms with Crippen LogP contribution >= 0.6 is 11.3 Å². The van der Waals surface area contributed by atoms with Gasteiger partial charge in [0.15, 0.2) is 5.75 Å². The number of anilines is 2. The molecule has 1 heterocycles. The van der Waals surface area contributed by atoms with Gasteiger partial charge in [-0.05, 0) is 13.8 Å². The Morgan fingerprint density at radius 3 is 2.52 bits per heavy atom. The number of thiophene rings is 1. The Labute approximate surface area is 128 Å². The van der Waals surface area contributed by atoms with Crippen LogP contribution in [0.3, 0.4) is 0 Å². The molecule has 1 aromatic heterocycles. The third-order valence-corrected chi connectivity index (χ3v) is 3.81. The predicted molar refractivity (Wildman–Crippen MR) is 84.2 cm³/mol. The van der Waals surface area contributed by atoms with Crippen LogP contribution in [-0.2, 0) is 9.47 Å². The first-order valence-electron chi connectivity index (χ1n) is 6.55. The van der Waals surface area contributed by atoms with Crippen molar-refractivity contribution in [2.75, 3.05) is 38.4 Å². The molecule has 120 valence electrons. The number of amides is 1. The Balaban J connectivity index is 2.93. The van der Waals surface area contributed by atoms with Gasteiger partial charge in [-0.15, -0.1) is 11.3 Å². The Morgan fingerprint density at radius 2 is 2.05 bits per heavy atom. The molecular weight excluding hydrogens is 294 g/mol. The fourth-order valence-electron chi connectivity index (χ4n) is 1.68.